The zero-order chi connectivity index (χ0) is 16.5. The summed E-state index contributed by atoms with van der Waals surface area (Å²) < 4.78 is 0. The van der Waals surface area contributed by atoms with Crippen LogP contribution < -0.4 is 10.6 Å². The molecule has 0 bridgehead atoms. The molecule has 5 heteroatoms. The van der Waals surface area contributed by atoms with Gasteiger partial charge in [0.25, 0.3) is 5.91 Å². The third-order valence-corrected chi connectivity index (χ3v) is 3.21. The van der Waals surface area contributed by atoms with Crippen LogP contribution in [0.5, 0.6) is 0 Å². The van der Waals surface area contributed by atoms with Crippen LogP contribution in [-0.2, 0) is 16.0 Å². The highest BCUT2D eigenvalue weighted by Gasteiger charge is 2.14. The van der Waals surface area contributed by atoms with E-state index in [4.69, 9.17) is 0 Å². The molecule has 2 amide bonds. The summed E-state index contributed by atoms with van der Waals surface area (Å²) in [5, 5.41) is 5.06. The summed E-state index contributed by atoms with van der Waals surface area (Å²) in [6.45, 7) is -0.194. The monoisotopic (exact) mass is 309 g/mol. The van der Waals surface area contributed by atoms with Gasteiger partial charge in [-0.2, -0.15) is 0 Å². The molecule has 0 aliphatic carbocycles. The van der Waals surface area contributed by atoms with Crippen molar-refractivity contribution in [3.63, 3.8) is 0 Å². The lowest BCUT2D eigenvalue weighted by Gasteiger charge is -2.12. The van der Waals surface area contributed by atoms with Crippen LogP contribution in [0, 0.1) is 0 Å². The minimum Gasteiger partial charge on any atom is -0.344 e. The fourth-order valence-electron chi connectivity index (χ4n) is 2.07. The molecule has 1 atom stereocenters. The van der Waals surface area contributed by atoms with E-state index in [1.165, 1.54) is 0 Å². The van der Waals surface area contributed by atoms with Crippen molar-refractivity contribution < 1.29 is 14.4 Å². The van der Waals surface area contributed by atoms with Crippen molar-refractivity contribution in [1.29, 1.82) is 0 Å². The van der Waals surface area contributed by atoms with Gasteiger partial charge in [-0.15, -0.1) is 0 Å². The van der Waals surface area contributed by atoms with Gasteiger partial charge in [0.15, 0.2) is 0 Å². The summed E-state index contributed by atoms with van der Waals surface area (Å²) >= 11 is 0. The predicted molar refractivity (Wildman–Crippen MR) is 86.5 cm³/mol. The molecule has 0 spiro atoms. The molecule has 0 aliphatic rings. The maximum Gasteiger partial charge on any atom is 0.251 e. The third kappa shape index (κ3) is 5.39. The SMILES string of the molecule is O=[C][C@H](Cc1ccccc1)NC(=O)CNC(=O)c1ccccc1. The number of hydrogen-bond donors (Lipinski definition) is 2. The highest BCUT2D eigenvalue weighted by molar-refractivity contribution is 5.96. The second-order valence-electron chi connectivity index (χ2n) is 4.98. The maximum atomic E-state index is 11.8. The Kier molecular flexibility index (Phi) is 6.06. The summed E-state index contributed by atoms with van der Waals surface area (Å²) in [6.07, 6.45) is 2.17. The molecule has 0 aromatic heterocycles. The number of nitrogens with one attached hydrogen (secondary N) is 2. The van der Waals surface area contributed by atoms with E-state index < -0.39 is 11.9 Å². The first-order valence-electron chi connectivity index (χ1n) is 7.23. The van der Waals surface area contributed by atoms with Crippen molar-refractivity contribution in [1.82, 2.24) is 10.6 Å². The van der Waals surface area contributed by atoms with Gasteiger partial charge in [0.1, 0.15) is 0 Å². The van der Waals surface area contributed by atoms with Gasteiger partial charge in [-0.3, -0.25) is 14.4 Å². The second-order valence-corrected chi connectivity index (χ2v) is 4.98. The van der Waals surface area contributed by atoms with E-state index in [1.807, 2.05) is 30.3 Å². The van der Waals surface area contributed by atoms with Gasteiger partial charge >= 0.3 is 0 Å². The topological polar surface area (TPSA) is 75.3 Å². The number of carbonyl (C=O) groups is 2. The third-order valence-electron chi connectivity index (χ3n) is 3.21. The lowest BCUT2D eigenvalue weighted by Crippen LogP contribution is -2.43. The normalized spacial score (nSPS) is 11.3. The molecule has 0 saturated carbocycles. The van der Waals surface area contributed by atoms with Crippen LogP contribution >= 0.6 is 0 Å². The Morgan fingerprint density at radius 2 is 1.57 bits per heavy atom. The Morgan fingerprint density at radius 3 is 2.17 bits per heavy atom. The van der Waals surface area contributed by atoms with Gasteiger partial charge in [-0.05, 0) is 17.7 Å². The highest BCUT2D eigenvalue weighted by atomic mass is 16.2. The lowest BCUT2D eigenvalue weighted by molar-refractivity contribution is -0.120. The van der Waals surface area contributed by atoms with Crippen LogP contribution in [0.3, 0.4) is 0 Å². The van der Waals surface area contributed by atoms with E-state index in [2.05, 4.69) is 10.6 Å². The highest BCUT2D eigenvalue weighted by Crippen LogP contribution is 2.02. The molecule has 0 heterocycles. The summed E-state index contributed by atoms with van der Waals surface area (Å²) in [6, 6.07) is 17.2. The molecular weight excluding hydrogens is 292 g/mol. The van der Waals surface area contributed by atoms with Gasteiger partial charge < -0.3 is 10.6 Å². The van der Waals surface area contributed by atoms with Crippen molar-refractivity contribution in [3.8, 4) is 0 Å². The molecular formula is C18H17N2O3. The largest absolute Gasteiger partial charge is 0.344 e. The van der Waals surface area contributed by atoms with Crippen LogP contribution in [0.4, 0.5) is 0 Å². The standard InChI is InChI=1S/C18H17N2O3/c21-13-16(11-14-7-3-1-4-8-14)20-17(22)12-19-18(23)15-9-5-2-6-10-15/h1-10,16H,11-12H2,(H,19,23)(H,20,22)/t16-/m0/s1. The molecule has 2 aromatic carbocycles. The first-order valence-corrected chi connectivity index (χ1v) is 7.23. The van der Waals surface area contributed by atoms with E-state index in [9.17, 15) is 14.4 Å². The summed E-state index contributed by atoms with van der Waals surface area (Å²) in [5.74, 6) is -0.769. The van der Waals surface area contributed by atoms with Gasteiger partial charge in [0.05, 0.1) is 12.6 Å². The minimum absolute atomic E-state index is 0.194. The van der Waals surface area contributed by atoms with Gasteiger partial charge in [0.2, 0.25) is 12.2 Å². The molecule has 23 heavy (non-hydrogen) atoms. The van der Waals surface area contributed by atoms with Crippen molar-refractivity contribution in [2.75, 3.05) is 6.54 Å². The van der Waals surface area contributed by atoms with Crippen LogP contribution in [0.25, 0.3) is 0 Å². The number of hydrogen-bond acceptors (Lipinski definition) is 3. The average Bonchev–Trinajstić information content (AvgIpc) is 2.60. The first-order chi connectivity index (χ1) is 11.2. The smallest absolute Gasteiger partial charge is 0.251 e. The number of carbonyl (C=O) groups excluding carboxylic acids is 3. The molecule has 117 valence electrons. The summed E-state index contributed by atoms with van der Waals surface area (Å²) in [5.41, 5.74) is 1.40. The van der Waals surface area contributed by atoms with Gasteiger partial charge in [0, 0.05) is 12.0 Å². The molecule has 2 N–H and O–H groups in total. The molecule has 5 nitrogen and oxygen atoms in total. The lowest BCUT2D eigenvalue weighted by atomic mass is 10.1. The Labute approximate surface area is 134 Å². The fourth-order valence-corrected chi connectivity index (χ4v) is 2.07. The van der Waals surface area contributed by atoms with Crippen molar-refractivity contribution >= 4 is 18.1 Å². The fraction of sp³-hybridized carbons (Fsp3) is 0.167. The second kappa shape index (κ2) is 8.48. The zero-order valence-electron chi connectivity index (χ0n) is 12.5. The molecule has 2 aromatic rings. The maximum absolute atomic E-state index is 11.8. The van der Waals surface area contributed by atoms with Crippen LogP contribution in [0.2, 0.25) is 0 Å². The van der Waals surface area contributed by atoms with E-state index in [1.54, 1.807) is 36.6 Å². The molecule has 2 rings (SSSR count). The van der Waals surface area contributed by atoms with Crippen LogP contribution in [-0.4, -0.2) is 30.7 Å². The van der Waals surface area contributed by atoms with E-state index in [0.717, 1.165) is 5.56 Å². The molecule has 0 fully saturated rings. The van der Waals surface area contributed by atoms with E-state index in [-0.39, 0.29) is 12.5 Å². The average molecular weight is 309 g/mol. The molecule has 1 radical (unpaired) electrons. The van der Waals surface area contributed by atoms with E-state index in [0.29, 0.717) is 12.0 Å². The zero-order valence-corrected chi connectivity index (χ0v) is 12.5. The number of amides is 2. The Bertz CT molecular complexity index is 656. The number of benzene rings is 2. The molecule has 0 aliphatic heterocycles. The quantitative estimate of drug-likeness (QED) is 0.808. The van der Waals surface area contributed by atoms with Gasteiger partial charge in [-0.25, -0.2) is 0 Å². The van der Waals surface area contributed by atoms with Crippen LogP contribution in [0.1, 0.15) is 15.9 Å². The first kappa shape index (κ1) is 16.4. The predicted octanol–water partition coefficient (Wildman–Crippen LogP) is 1.25. The molecule has 0 saturated heterocycles. The van der Waals surface area contributed by atoms with E-state index >= 15 is 0 Å². The Hall–Kier alpha value is -2.95. The summed E-state index contributed by atoms with van der Waals surface area (Å²) in [7, 11) is 0. The van der Waals surface area contributed by atoms with Crippen LogP contribution in [0.15, 0.2) is 60.7 Å². The van der Waals surface area contributed by atoms with Gasteiger partial charge in [-0.1, -0.05) is 48.5 Å². The Morgan fingerprint density at radius 1 is 0.957 bits per heavy atom. The van der Waals surface area contributed by atoms with Crippen molar-refractivity contribution in [3.05, 3.63) is 71.8 Å². The Balaban J connectivity index is 1.81. The minimum atomic E-state index is -0.737. The van der Waals surface area contributed by atoms with Crippen molar-refractivity contribution in [2.45, 2.75) is 12.5 Å². The van der Waals surface area contributed by atoms with Crippen molar-refractivity contribution in [2.24, 2.45) is 0 Å². The number of rotatable bonds is 7. The summed E-state index contributed by atoms with van der Waals surface area (Å²) in [4.78, 5) is 34.6. The molecule has 0 unspecified atom stereocenters.